The third-order valence-corrected chi connectivity index (χ3v) is 3.31. The zero-order valence-electron chi connectivity index (χ0n) is 9.98. The van der Waals surface area contributed by atoms with Crippen molar-refractivity contribution in [3.8, 4) is 11.5 Å². The van der Waals surface area contributed by atoms with Crippen molar-refractivity contribution in [3.05, 3.63) is 34.9 Å². The molecule has 1 aliphatic rings. The molecule has 0 saturated heterocycles. The summed E-state index contributed by atoms with van der Waals surface area (Å²) in [6.45, 7) is 0.359. The molecule has 1 fully saturated rings. The van der Waals surface area contributed by atoms with Crippen LogP contribution in [0.3, 0.4) is 0 Å². The highest BCUT2D eigenvalue weighted by atomic mass is 16.4. The van der Waals surface area contributed by atoms with Crippen molar-refractivity contribution in [2.24, 2.45) is 11.8 Å². The second-order valence-corrected chi connectivity index (χ2v) is 4.62. The Bertz CT molecular complexity index is 661. The fourth-order valence-electron chi connectivity index (χ4n) is 2.16. The summed E-state index contributed by atoms with van der Waals surface area (Å²) < 4.78 is 1.45. The van der Waals surface area contributed by atoms with E-state index in [1.807, 2.05) is 6.07 Å². The van der Waals surface area contributed by atoms with Gasteiger partial charge in [-0.1, -0.05) is 6.07 Å². The number of nitrogens with zero attached hydrogens (tertiary/aromatic N) is 3. The first-order valence-corrected chi connectivity index (χ1v) is 5.96. The number of rotatable bonds is 4. The highest BCUT2D eigenvalue weighted by molar-refractivity contribution is 5.73. The number of H-pyrrole nitrogens is 1. The Morgan fingerprint density at radius 1 is 1.53 bits per heavy atom. The predicted molar refractivity (Wildman–Crippen MR) is 65.3 cm³/mol. The van der Waals surface area contributed by atoms with Gasteiger partial charge in [0.25, 0.3) is 0 Å². The van der Waals surface area contributed by atoms with Crippen LogP contribution >= 0.6 is 0 Å². The van der Waals surface area contributed by atoms with Crippen LogP contribution in [-0.4, -0.2) is 30.8 Å². The van der Waals surface area contributed by atoms with E-state index in [0.29, 0.717) is 24.5 Å². The Balaban J connectivity index is 1.88. The summed E-state index contributed by atoms with van der Waals surface area (Å²) in [5.41, 5.74) is 0.255. The molecule has 0 radical (unpaired) electrons. The number of pyridine rings is 1. The summed E-state index contributed by atoms with van der Waals surface area (Å²) in [6.07, 6.45) is 2.23. The molecule has 0 aromatic carbocycles. The minimum atomic E-state index is -0.805. The Morgan fingerprint density at radius 3 is 3.00 bits per heavy atom. The maximum atomic E-state index is 11.7. The average molecular weight is 260 g/mol. The minimum Gasteiger partial charge on any atom is -0.481 e. The van der Waals surface area contributed by atoms with Crippen molar-refractivity contribution >= 4 is 5.97 Å². The van der Waals surface area contributed by atoms with Crippen LogP contribution in [0.4, 0.5) is 0 Å². The highest BCUT2D eigenvalue weighted by Gasteiger charge is 2.43. The molecule has 98 valence electrons. The van der Waals surface area contributed by atoms with E-state index in [1.165, 1.54) is 4.57 Å². The summed E-state index contributed by atoms with van der Waals surface area (Å²) in [4.78, 5) is 26.7. The zero-order valence-corrected chi connectivity index (χ0v) is 9.98. The van der Waals surface area contributed by atoms with Crippen LogP contribution in [0.15, 0.2) is 29.2 Å². The molecule has 1 saturated carbocycles. The molecule has 2 heterocycles. The fraction of sp³-hybridized carbons (Fsp3) is 0.333. The molecular weight excluding hydrogens is 248 g/mol. The summed E-state index contributed by atoms with van der Waals surface area (Å²) in [5.74, 6) is -0.712. The van der Waals surface area contributed by atoms with Crippen LogP contribution in [0.5, 0.6) is 0 Å². The van der Waals surface area contributed by atoms with E-state index in [1.54, 1.807) is 18.3 Å². The fourth-order valence-corrected chi connectivity index (χ4v) is 2.16. The summed E-state index contributed by atoms with van der Waals surface area (Å²) >= 11 is 0. The first-order chi connectivity index (χ1) is 9.16. The number of nitrogens with one attached hydrogen (secondary N) is 1. The average Bonchev–Trinajstić information content (AvgIpc) is 3.09. The van der Waals surface area contributed by atoms with Crippen LogP contribution in [0, 0.1) is 11.8 Å². The molecule has 3 rings (SSSR count). The zero-order chi connectivity index (χ0) is 13.4. The second kappa shape index (κ2) is 4.34. The largest absolute Gasteiger partial charge is 0.481 e. The smallest absolute Gasteiger partial charge is 0.343 e. The molecule has 7 nitrogen and oxygen atoms in total. The van der Waals surface area contributed by atoms with Crippen molar-refractivity contribution in [2.45, 2.75) is 13.0 Å². The molecule has 19 heavy (non-hydrogen) atoms. The Hall–Kier alpha value is -2.44. The van der Waals surface area contributed by atoms with Gasteiger partial charge in [-0.2, -0.15) is 5.10 Å². The van der Waals surface area contributed by atoms with E-state index in [0.717, 1.165) is 0 Å². The van der Waals surface area contributed by atoms with Gasteiger partial charge in [0.1, 0.15) is 5.69 Å². The van der Waals surface area contributed by atoms with Crippen molar-refractivity contribution in [1.82, 2.24) is 19.7 Å². The lowest BCUT2D eigenvalue weighted by Gasteiger charge is -2.03. The number of carboxylic acids is 1. The van der Waals surface area contributed by atoms with E-state index in [4.69, 9.17) is 5.11 Å². The molecule has 0 bridgehead atoms. The highest BCUT2D eigenvalue weighted by Crippen LogP contribution is 2.40. The lowest BCUT2D eigenvalue weighted by molar-refractivity contribution is -0.138. The van der Waals surface area contributed by atoms with Crippen molar-refractivity contribution in [3.63, 3.8) is 0 Å². The molecule has 2 aromatic rings. The molecule has 0 aliphatic heterocycles. The molecule has 2 aromatic heterocycles. The first kappa shape index (κ1) is 11.6. The first-order valence-electron chi connectivity index (χ1n) is 5.96. The summed E-state index contributed by atoms with van der Waals surface area (Å²) in [6, 6.07) is 5.34. The second-order valence-electron chi connectivity index (χ2n) is 4.62. The van der Waals surface area contributed by atoms with Crippen molar-refractivity contribution in [1.29, 1.82) is 0 Å². The van der Waals surface area contributed by atoms with Crippen LogP contribution in [0.1, 0.15) is 6.42 Å². The van der Waals surface area contributed by atoms with Gasteiger partial charge in [-0.3, -0.25) is 14.3 Å². The number of hydrogen-bond donors (Lipinski definition) is 2. The predicted octanol–water partition coefficient (Wildman–Crippen LogP) is 0.354. The number of hydrogen-bond acceptors (Lipinski definition) is 4. The number of aromatic nitrogens is 4. The Labute approximate surface area is 107 Å². The maximum absolute atomic E-state index is 11.7. The molecule has 0 spiro atoms. The van der Waals surface area contributed by atoms with Crippen LogP contribution < -0.4 is 5.69 Å². The quantitative estimate of drug-likeness (QED) is 0.826. The van der Waals surface area contributed by atoms with E-state index in [9.17, 15) is 9.59 Å². The lowest BCUT2D eigenvalue weighted by Crippen LogP contribution is -2.20. The number of carbonyl (C=O) groups is 1. The van der Waals surface area contributed by atoms with Gasteiger partial charge < -0.3 is 5.11 Å². The third-order valence-electron chi connectivity index (χ3n) is 3.31. The molecular formula is C12H12N4O3. The van der Waals surface area contributed by atoms with Gasteiger partial charge in [0.15, 0.2) is 5.82 Å². The van der Waals surface area contributed by atoms with Gasteiger partial charge in [0, 0.05) is 12.7 Å². The number of carboxylic acid groups (broad SMARTS) is 1. The molecule has 1 aliphatic carbocycles. The SMILES string of the molecule is O=C(O)[C@@H]1C[C@H]1Cn1c(-c2ccccn2)n[nH]c1=O. The molecule has 0 unspecified atom stereocenters. The van der Waals surface area contributed by atoms with Gasteiger partial charge >= 0.3 is 11.7 Å². The lowest BCUT2D eigenvalue weighted by atomic mass is 10.3. The van der Waals surface area contributed by atoms with Crippen molar-refractivity contribution in [2.75, 3.05) is 0 Å². The Morgan fingerprint density at radius 2 is 2.37 bits per heavy atom. The standard InChI is InChI=1S/C12H12N4O3/c17-11(18)8-5-7(8)6-16-10(14-15-12(16)19)9-3-1-2-4-13-9/h1-4,7-8H,5-6H2,(H,15,19)(H,17,18)/t7-,8+/m0/s1. The Kier molecular flexibility index (Phi) is 2.66. The van der Waals surface area contributed by atoms with Gasteiger partial charge in [0.2, 0.25) is 0 Å². The molecule has 7 heteroatoms. The molecule has 2 N–H and O–H groups in total. The van der Waals surface area contributed by atoms with E-state index in [2.05, 4.69) is 15.2 Å². The number of aromatic amines is 1. The van der Waals surface area contributed by atoms with Crippen LogP contribution in [0.25, 0.3) is 11.5 Å². The summed E-state index contributed by atoms with van der Waals surface area (Å²) in [5, 5.41) is 15.2. The normalized spacial score (nSPS) is 21.3. The van der Waals surface area contributed by atoms with Gasteiger partial charge in [-0.05, 0) is 24.5 Å². The van der Waals surface area contributed by atoms with Gasteiger partial charge in [0.05, 0.1) is 5.92 Å². The van der Waals surface area contributed by atoms with E-state index >= 15 is 0 Å². The summed E-state index contributed by atoms with van der Waals surface area (Å²) in [7, 11) is 0. The maximum Gasteiger partial charge on any atom is 0.343 e. The van der Waals surface area contributed by atoms with Gasteiger partial charge in [-0.15, -0.1) is 0 Å². The molecule has 2 atom stereocenters. The van der Waals surface area contributed by atoms with Crippen molar-refractivity contribution < 1.29 is 9.90 Å². The van der Waals surface area contributed by atoms with E-state index in [-0.39, 0.29) is 17.5 Å². The topological polar surface area (TPSA) is 101 Å². The monoisotopic (exact) mass is 260 g/mol. The van der Waals surface area contributed by atoms with Crippen LogP contribution in [0.2, 0.25) is 0 Å². The minimum absolute atomic E-state index is 0.00439. The number of aliphatic carboxylic acids is 1. The molecule has 0 amide bonds. The van der Waals surface area contributed by atoms with Crippen LogP contribution in [-0.2, 0) is 11.3 Å². The third kappa shape index (κ3) is 2.14. The van der Waals surface area contributed by atoms with Gasteiger partial charge in [-0.25, -0.2) is 9.89 Å². The van der Waals surface area contributed by atoms with E-state index < -0.39 is 5.97 Å².